The molecule has 238 valence electrons. The number of ether oxygens (including phenoxy) is 1. The Morgan fingerprint density at radius 3 is 1.86 bits per heavy atom. The lowest BCUT2D eigenvalue weighted by Gasteiger charge is -2.30. The van der Waals surface area contributed by atoms with Gasteiger partial charge in [-0.25, -0.2) is 8.78 Å². The maximum Gasteiger partial charge on any atom is 0.131 e. The number of fused-ring (bicyclic) bond motifs is 2. The lowest BCUT2D eigenvalue weighted by molar-refractivity contribution is 0.411. The van der Waals surface area contributed by atoms with Crippen LogP contribution < -0.4 is 25.2 Å². The number of methoxy groups -OCH3 is 1. The van der Waals surface area contributed by atoms with E-state index in [1.807, 2.05) is 50.7 Å². The largest absolute Gasteiger partial charge is 0.496 e. The Balaban J connectivity index is 0.000000190. The van der Waals surface area contributed by atoms with Gasteiger partial charge in [0.25, 0.3) is 0 Å². The molecule has 5 nitrogen and oxygen atoms in total. The Labute approximate surface area is 269 Å². The standard InChI is InChI=1S/C17H22N2OS.C16H18F2N2S.C2H6/c1-18-10-8-15(17-7-4-12-21-17)19-11-9-13-14(19)5-3-6-16(13)20-2;1-19-6-4-14(16-3-2-8-21-16)20-7-5-12-13(18)9-11(17)10-15(12)20;1-2/h3-7,12,15,18H,8-11H2,1-2H3;2-3,8-10,14,19H,4-7H2,1H3;1-2H3. The highest BCUT2D eigenvalue weighted by molar-refractivity contribution is 7.10. The quantitative estimate of drug-likeness (QED) is 0.173. The van der Waals surface area contributed by atoms with Gasteiger partial charge >= 0.3 is 0 Å². The number of rotatable bonds is 11. The van der Waals surface area contributed by atoms with Gasteiger partial charge in [-0.15, -0.1) is 22.7 Å². The molecule has 0 spiro atoms. The molecule has 6 rings (SSSR count). The summed E-state index contributed by atoms with van der Waals surface area (Å²) in [5.74, 6) is 0.0938. The molecule has 0 amide bonds. The van der Waals surface area contributed by atoms with Gasteiger partial charge in [0.1, 0.15) is 17.4 Å². The van der Waals surface area contributed by atoms with Crippen LogP contribution in [0.3, 0.4) is 0 Å². The first-order valence-electron chi connectivity index (χ1n) is 15.6. The smallest absolute Gasteiger partial charge is 0.131 e. The zero-order valence-corrected chi connectivity index (χ0v) is 28.2. The zero-order chi connectivity index (χ0) is 31.5. The Bertz CT molecular complexity index is 1410. The molecular formula is C35H46F2N4OS2. The summed E-state index contributed by atoms with van der Waals surface area (Å²) in [5.41, 5.74) is 4.04. The summed E-state index contributed by atoms with van der Waals surface area (Å²) >= 11 is 3.55. The van der Waals surface area contributed by atoms with E-state index in [4.69, 9.17) is 4.74 Å². The summed E-state index contributed by atoms with van der Waals surface area (Å²) in [6, 6.07) is 18.0. The van der Waals surface area contributed by atoms with E-state index in [1.165, 1.54) is 27.1 Å². The summed E-state index contributed by atoms with van der Waals surface area (Å²) in [5, 5.41) is 10.7. The van der Waals surface area contributed by atoms with Crippen molar-refractivity contribution in [2.75, 3.05) is 57.2 Å². The minimum atomic E-state index is -0.503. The van der Waals surface area contributed by atoms with E-state index >= 15 is 0 Å². The van der Waals surface area contributed by atoms with E-state index in [0.717, 1.165) is 57.3 Å². The first kappa shape index (κ1) is 33.9. The predicted octanol–water partition coefficient (Wildman–Crippen LogP) is 8.24. The van der Waals surface area contributed by atoms with Crippen molar-refractivity contribution < 1.29 is 13.5 Å². The van der Waals surface area contributed by atoms with Crippen molar-refractivity contribution in [2.24, 2.45) is 0 Å². The normalized spacial score (nSPS) is 14.6. The van der Waals surface area contributed by atoms with Crippen LogP contribution in [0.15, 0.2) is 65.4 Å². The van der Waals surface area contributed by atoms with Gasteiger partial charge in [-0.1, -0.05) is 32.0 Å². The van der Waals surface area contributed by atoms with Gasteiger partial charge in [0.05, 0.1) is 19.2 Å². The average molecular weight is 641 g/mol. The molecule has 0 aliphatic carbocycles. The maximum absolute atomic E-state index is 13.9. The maximum atomic E-state index is 13.9. The zero-order valence-electron chi connectivity index (χ0n) is 26.5. The molecule has 2 atom stereocenters. The van der Waals surface area contributed by atoms with E-state index in [1.54, 1.807) is 18.4 Å². The van der Waals surface area contributed by atoms with Crippen LogP contribution in [0.1, 0.15) is 59.7 Å². The number of nitrogens with zero attached hydrogens (tertiary/aromatic N) is 2. The van der Waals surface area contributed by atoms with Crippen LogP contribution >= 0.6 is 22.7 Å². The molecule has 0 saturated carbocycles. The summed E-state index contributed by atoms with van der Waals surface area (Å²) in [7, 11) is 5.70. The second-order valence-corrected chi connectivity index (χ2v) is 12.5. The predicted molar refractivity (Wildman–Crippen MR) is 184 cm³/mol. The van der Waals surface area contributed by atoms with E-state index in [2.05, 4.69) is 62.2 Å². The highest BCUT2D eigenvalue weighted by Gasteiger charge is 2.31. The third kappa shape index (κ3) is 7.80. The summed E-state index contributed by atoms with van der Waals surface area (Å²) in [6.45, 7) is 7.70. The number of hydrogen-bond donors (Lipinski definition) is 2. The summed E-state index contributed by atoms with van der Waals surface area (Å²) in [6.07, 6.45) is 3.74. The van der Waals surface area contributed by atoms with E-state index < -0.39 is 11.6 Å². The molecule has 4 heterocycles. The highest BCUT2D eigenvalue weighted by Crippen LogP contribution is 2.42. The van der Waals surface area contributed by atoms with Gasteiger partial charge in [0, 0.05) is 51.4 Å². The molecule has 0 saturated heterocycles. The van der Waals surface area contributed by atoms with Gasteiger partial charge in [-0.2, -0.15) is 0 Å². The highest BCUT2D eigenvalue weighted by atomic mass is 32.1. The molecule has 2 aromatic carbocycles. The van der Waals surface area contributed by atoms with Crippen molar-refractivity contribution in [2.45, 2.75) is 51.6 Å². The molecule has 2 aromatic heterocycles. The molecule has 2 aliphatic rings. The molecule has 44 heavy (non-hydrogen) atoms. The van der Waals surface area contributed by atoms with Crippen LogP contribution in [0.25, 0.3) is 0 Å². The van der Waals surface area contributed by atoms with Crippen molar-refractivity contribution in [1.82, 2.24) is 10.6 Å². The third-order valence-electron chi connectivity index (χ3n) is 8.12. The lowest BCUT2D eigenvalue weighted by atomic mass is 10.1. The molecular weight excluding hydrogens is 595 g/mol. The lowest BCUT2D eigenvalue weighted by Crippen LogP contribution is -2.28. The van der Waals surface area contributed by atoms with Crippen LogP contribution in [0.5, 0.6) is 5.75 Å². The number of hydrogen-bond acceptors (Lipinski definition) is 7. The summed E-state index contributed by atoms with van der Waals surface area (Å²) < 4.78 is 33.0. The molecule has 0 fully saturated rings. The molecule has 2 aliphatic heterocycles. The summed E-state index contributed by atoms with van der Waals surface area (Å²) in [4.78, 5) is 7.37. The van der Waals surface area contributed by atoms with Gasteiger partial charge in [0.15, 0.2) is 0 Å². The van der Waals surface area contributed by atoms with Crippen molar-refractivity contribution in [3.8, 4) is 5.75 Å². The number of halogens is 2. The van der Waals surface area contributed by atoms with Gasteiger partial charge < -0.3 is 25.2 Å². The first-order valence-corrected chi connectivity index (χ1v) is 17.3. The number of thiophene rings is 2. The number of anilines is 2. The molecule has 4 aromatic rings. The second kappa shape index (κ2) is 16.9. The Hall–Kier alpha value is -2.98. The van der Waals surface area contributed by atoms with E-state index in [-0.39, 0.29) is 6.04 Å². The molecule has 2 unspecified atom stereocenters. The van der Waals surface area contributed by atoms with Crippen LogP contribution in [0.2, 0.25) is 0 Å². The fourth-order valence-corrected chi connectivity index (χ4v) is 7.89. The SMILES string of the molecule is CC.CNCCC(c1cccs1)N1CCc2c(F)cc(F)cc21.CNCCC(c1cccs1)N1CCc2c(OC)cccc21. The van der Waals surface area contributed by atoms with Crippen LogP contribution in [-0.2, 0) is 12.8 Å². The van der Waals surface area contributed by atoms with Crippen LogP contribution in [0, 0.1) is 11.6 Å². The van der Waals surface area contributed by atoms with Crippen molar-refractivity contribution in [1.29, 1.82) is 0 Å². The second-order valence-electron chi connectivity index (χ2n) is 10.6. The average Bonchev–Trinajstić information content (AvgIpc) is 3.87. The Kier molecular flexibility index (Phi) is 13.0. The fraction of sp³-hybridized carbons (Fsp3) is 0.429. The monoisotopic (exact) mass is 640 g/mol. The van der Waals surface area contributed by atoms with Crippen molar-refractivity contribution in [3.63, 3.8) is 0 Å². The van der Waals surface area contributed by atoms with Crippen LogP contribution in [-0.4, -0.2) is 47.4 Å². The van der Waals surface area contributed by atoms with Gasteiger partial charge in [-0.3, -0.25) is 0 Å². The van der Waals surface area contributed by atoms with Crippen LogP contribution in [0.4, 0.5) is 20.2 Å². The topological polar surface area (TPSA) is 39.8 Å². The van der Waals surface area contributed by atoms with E-state index in [9.17, 15) is 8.78 Å². The molecule has 2 N–H and O–H groups in total. The minimum absolute atomic E-state index is 0.167. The molecule has 9 heteroatoms. The molecule has 0 bridgehead atoms. The van der Waals surface area contributed by atoms with E-state index in [0.29, 0.717) is 23.7 Å². The number of nitrogens with one attached hydrogen (secondary N) is 2. The van der Waals surface area contributed by atoms with Gasteiger partial charge in [0.2, 0.25) is 0 Å². The van der Waals surface area contributed by atoms with Gasteiger partial charge in [-0.05, 0) is 94.0 Å². The minimum Gasteiger partial charge on any atom is -0.496 e. The fourth-order valence-electron chi connectivity index (χ4n) is 6.14. The Morgan fingerprint density at radius 1 is 0.773 bits per heavy atom. The Morgan fingerprint density at radius 2 is 1.34 bits per heavy atom. The van der Waals surface area contributed by atoms with Crippen molar-refractivity contribution in [3.05, 3.63) is 97.9 Å². The number of benzene rings is 2. The molecule has 0 radical (unpaired) electrons. The third-order valence-corrected chi connectivity index (χ3v) is 10.1. The van der Waals surface area contributed by atoms with Crippen molar-refractivity contribution >= 4 is 34.0 Å². The first-order chi connectivity index (χ1) is 21.5.